The van der Waals surface area contributed by atoms with Gasteiger partial charge >= 0.3 is 5.97 Å². The van der Waals surface area contributed by atoms with Crippen LogP contribution in [-0.2, 0) is 6.61 Å². The van der Waals surface area contributed by atoms with Gasteiger partial charge in [0, 0.05) is 0 Å². The number of rotatable bonds is 4. The van der Waals surface area contributed by atoms with Crippen molar-refractivity contribution in [2.45, 2.75) is 6.61 Å². The molecule has 100 valence electrons. The molecule has 0 saturated heterocycles. The van der Waals surface area contributed by atoms with E-state index >= 15 is 0 Å². The Hall–Kier alpha value is -1.47. The van der Waals surface area contributed by atoms with Crippen LogP contribution in [0.5, 0.6) is 5.75 Å². The normalized spacial score (nSPS) is 10.5. The molecule has 0 spiro atoms. The van der Waals surface area contributed by atoms with Crippen molar-refractivity contribution in [3.63, 3.8) is 0 Å². The van der Waals surface area contributed by atoms with E-state index in [9.17, 15) is 13.6 Å². The molecule has 0 aliphatic rings. The lowest BCUT2D eigenvalue weighted by atomic mass is 10.2. The maximum Gasteiger partial charge on any atom is 0.349 e. The van der Waals surface area contributed by atoms with Gasteiger partial charge in [0.15, 0.2) is 4.88 Å². The van der Waals surface area contributed by atoms with E-state index in [1.165, 1.54) is 17.5 Å². The molecule has 0 bridgehead atoms. The first-order chi connectivity index (χ1) is 9.00. The van der Waals surface area contributed by atoms with Gasteiger partial charge < -0.3 is 9.84 Å². The van der Waals surface area contributed by atoms with Gasteiger partial charge in [0.2, 0.25) is 0 Å². The molecule has 1 aromatic carbocycles. The van der Waals surface area contributed by atoms with Crippen LogP contribution in [0.2, 0.25) is 0 Å². The third kappa shape index (κ3) is 2.93. The second-order valence-corrected chi connectivity index (χ2v) is 5.30. The van der Waals surface area contributed by atoms with Gasteiger partial charge in [-0.2, -0.15) is 0 Å². The summed E-state index contributed by atoms with van der Waals surface area (Å²) in [4.78, 5) is 10.9. The van der Waals surface area contributed by atoms with E-state index in [1.54, 1.807) is 0 Å². The van der Waals surface area contributed by atoms with Crippen molar-refractivity contribution in [1.82, 2.24) is 0 Å². The molecule has 1 N–H and O–H groups in total. The lowest BCUT2D eigenvalue weighted by Gasteiger charge is -2.08. The Labute approximate surface area is 119 Å². The van der Waals surface area contributed by atoms with E-state index in [4.69, 9.17) is 9.84 Å². The molecule has 19 heavy (non-hydrogen) atoms. The number of carbonyl (C=O) groups is 1. The van der Waals surface area contributed by atoms with Crippen molar-refractivity contribution < 1.29 is 23.4 Å². The minimum Gasteiger partial charge on any atom is -0.487 e. The molecule has 0 atom stereocenters. The highest BCUT2D eigenvalue weighted by Gasteiger charge is 2.16. The zero-order valence-electron chi connectivity index (χ0n) is 9.32. The molecule has 0 radical (unpaired) electrons. The summed E-state index contributed by atoms with van der Waals surface area (Å²) in [5.74, 6) is -2.55. The Kier molecular flexibility index (Phi) is 4.16. The van der Waals surface area contributed by atoms with Gasteiger partial charge in [0.05, 0.1) is 10.0 Å². The zero-order chi connectivity index (χ0) is 14.0. The van der Waals surface area contributed by atoms with E-state index < -0.39 is 17.6 Å². The Balaban J connectivity index is 2.22. The number of benzene rings is 1. The second kappa shape index (κ2) is 5.66. The largest absolute Gasteiger partial charge is 0.487 e. The number of carboxylic acids is 1. The molecule has 7 heteroatoms. The van der Waals surface area contributed by atoms with E-state index in [0.717, 1.165) is 17.4 Å². The third-order valence-electron chi connectivity index (χ3n) is 2.33. The van der Waals surface area contributed by atoms with Crippen LogP contribution in [0.1, 0.15) is 15.2 Å². The van der Waals surface area contributed by atoms with E-state index in [2.05, 4.69) is 15.9 Å². The molecule has 3 nitrogen and oxygen atoms in total. The SMILES string of the molecule is O=C(O)c1sccc1OCc1c(F)ccc(Br)c1F. The Morgan fingerprint density at radius 3 is 2.79 bits per heavy atom. The van der Waals surface area contributed by atoms with Crippen LogP contribution in [-0.4, -0.2) is 11.1 Å². The van der Waals surface area contributed by atoms with Crippen LogP contribution in [0.4, 0.5) is 8.78 Å². The molecule has 0 aliphatic heterocycles. The van der Waals surface area contributed by atoms with Crippen molar-refractivity contribution in [3.8, 4) is 5.75 Å². The van der Waals surface area contributed by atoms with Gasteiger partial charge in [0.1, 0.15) is 24.0 Å². The maximum atomic E-state index is 13.7. The highest BCUT2D eigenvalue weighted by molar-refractivity contribution is 9.10. The average Bonchev–Trinajstić information content (AvgIpc) is 2.82. The predicted octanol–water partition coefficient (Wildman–Crippen LogP) is 4.07. The zero-order valence-corrected chi connectivity index (χ0v) is 11.7. The fourth-order valence-corrected chi connectivity index (χ4v) is 2.46. The molecule has 0 unspecified atom stereocenters. The fourth-order valence-electron chi connectivity index (χ4n) is 1.42. The van der Waals surface area contributed by atoms with E-state index in [1.807, 2.05) is 0 Å². The molecule has 2 aromatic rings. The van der Waals surface area contributed by atoms with Crippen LogP contribution < -0.4 is 4.74 Å². The van der Waals surface area contributed by atoms with Gasteiger partial charge in [-0.05, 0) is 39.5 Å². The van der Waals surface area contributed by atoms with Crippen LogP contribution in [0.3, 0.4) is 0 Å². The molecule has 2 rings (SSSR count). The summed E-state index contributed by atoms with van der Waals surface area (Å²) in [5, 5.41) is 10.4. The Morgan fingerprint density at radius 1 is 1.37 bits per heavy atom. The Bertz CT molecular complexity index is 627. The highest BCUT2D eigenvalue weighted by atomic mass is 79.9. The van der Waals surface area contributed by atoms with E-state index in [-0.39, 0.29) is 27.3 Å². The quantitative estimate of drug-likeness (QED) is 0.847. The van der Waals surface area contributed by atoms with Gasteiger partial charge in [0.25, 0.3) is 0 Å². The molecular weight excluding hydrogens is 342 g/mol. The summed E-state index contributed by atoms with van der Waals surface area (Å²) < 4.78 is 32.4. The number of aromatic carboxylic acids is 1. The minimum absolute atomic E-state index is 0.00388. The summed E-state index contributed by atoms with van der Waals surface area (Å²) >= 11 is 3.93. The topological polar surface area (TPSA) is 46.5 Å². The fraction of sp³-hybridized carbons (Fsp3) is 0.0833. The third-order valence-corrected chi connectivity index (χ3v) is 3.83. The van der Waals surface area contributed by atoms with Crippen molar-refractivity contribution >= 4 is 33.2 Å². The van der Waals surface area contributed by atoms with Gasteiger partial charge in [-0.1, -0.05) is 0 Å². The first-order valence-electron chi connectivity index (χ1n) is 5.06. The molecule has 1 heterocycles. The van der Waals surface area contributed by atoms with Crippen molar-refractivity contribution in [1.29, 1.82) is 0 Å². The maximum absolute atomic E-state index is 13.7. The first kappa shape index (κ1) is 14.0. The monoisotopic (exact) mass is 348 g/mol. The van der Waals surface area contributed by atoms with E-state index in [0.29, 0.717) is 0 Å². The summed E-state index contributed by atoms with van der Waals surface area (Å²) in [7, 11) is 0. The summed E-state index contributed by atoms with van der Waals surface area (Å²) in [6, 6.07) is 3.81. The molecule has 0 saturated carbocycles. The number of thiophene rings is 1. The second-order valence-electron chi connectivity index (χ2n) is 3.53. The van der Waals surface area contributed by atoms with Crippen LogP contribution >= 0.6 is 27.3 Å². The van der Waals surface area contributed by atoms with Crippen LogP contribution in [0.15, 0.2) is 28.1 Å². The standard InChI is InChI=1S/C12H7BrF2O3S/c13-7-1-2-8(14)6(10(7)15)5-18-9-3-4-19-11(9)12(16)17/h1-4H,5H2,(H,16,17). The van der Waals surface area contributed by atoms with Crippen molar-refractivity contribution in [2.75, 3.05) is 0 Å². The summed E-state index contributed by atoms with van der Waals surface area (Å²) in [5.41, 5.74) is -0.253. The smallest absolute Gasteiger partial charge is 0.349 e. The van der Waals surface area contributed by atoms with Gasteiger partial charge in [-0.3, -0.25) is 0 Å². The number of ether oxygens (including phenoxy) is 1. The summed E-state index contributed by atoms with van der Waals surface area (Å²) in [6.07, 6.45) is 0. The Morgan fingerprint density at radius 2 is 2.11 bits per heavy atom. The molecule has 0 amide bonds. The number of hydrogen-bond donors (Lipinski definition) is 1. The van der Waals surface area contributed by atoms with Crippen molar-refractivity contribution in [2.24, 2.45) is 0 Å². The predicted molar refractivity (Wildman–Crippen MR) is 69.7 cm³/mol. The van der Waals surface area contributed by atoms with Crippen LogP contribution in [0, 0.1) is 11.6 Å². The number of hydrogen-bond acceptors (Lipinski definition) is 3. The molecule has 0 aliphatic carbocycles. The van der Waals surface area contributed by atoms with Gasteiger partial charge in [-0.15, -0.1) is 11.3 Å². The van der Waals surface area contributed by atoms with Gasteiger partial charge in [-0.25, -0.2) is 13.6 Å². The molecule has 0 fully saturated rings. The molecule has 1 aromatic heterocycles. The lowest BCUT2D eigenvalue weighted by molar-refractivity contribution is 0.0697. The number of halogens is 3. The first-order valence-corrected chi connectivity index (χ1v) is 6.74. The van der Waals surface area contributed by atoms with Crippen molar-refractivity contribution in [3.05, 3.63) is 50.1 Å². The highest BCUT2D eigenvalue weighted by Crippen LogP contribution is 2.27. The van der Waals surface area contributed by atoms with Crippen LogP contribution in [0.25, 0.3) is 0 Å². The average molecular weight is 349 g/mol. The summed E-state index contributed by atoms with van der Waals surface area (Å²) in [6.45, 7) is -0.381. The number of carboxylic acid groups (broad SMARTS) is 1. The minimum atomic E-state index is -1.14. The molecular formula is C12H7BrF2O3S. The lowest BCUT2D eigenvalue weighted by Crippen LogP contribution is -2.04.